The summed E-state index contributed by atoms with van der Waals surface area (Å²) in [4.78, 5) is 19.6. The van der Waals surface area contributed by atoms with E-state index in [1.165, 1.54) is 0 Å². The first-order chi connectivity index (χ1) is 3.89. The molecule has 0 aromatic rings. The molecular formula is C3ClINa2O4. The zero-order valence-electron chi connectivity index (χ0n) is 5.89. The zero-order valence-corrected chi connectivity index (χ0v) is 12.8. The van der Waals surface area contributed by atoms with Crippen LogP contribution in [0.4, 0.5) is 0 Å². The van der Waals surface area contributed by atoms with E-state index in [2.05, 4.69) is 0 Å². The molecule has 0 aromatic carbocycles. The maximum Gasteiger partial charge on any atom is 1.00 e. The molecule has 0 N–H and O–H groups in total. The largest absolute Gasteiger partial charge is 1.00 e. The quantitative estimate of drug-likeness (QED) is 0.220. The van der Waals surface area contributed by atoms with Crippen molar-refractivity contribution in [3.05, 3.63) is 0 Å². The van der Waals surface area contributed by atoms with E-state index in [0.717, 1.165) is 22.6 Å². The first-order valence-electron chi connectivity index (χ1n) is 1.69. The smallest absolute Gasteiger partial charge is 0.547 e. The number of carboxylic acid groups (broad SMARTS) is 2. The number of carbonyl (C=O) groups excluding carboxylic acids is 2. The summed E-state index contributed by atoms with van der Waals surface area (Å²) in [5.41, 5.74) is 0. The number of carbonyl (C=O) groups is 2. The van der Waals surface area contributed by atoms with Crippen LogP contribution in [0.3, 0.4) is 0 Å². The summed E-state index contributed by atoms with van der Waals surface area (Å²) in [6, 6.07) is 0. The van der Waals surface area contributed by atoms with Gasteiger partial charge in [0.1, 0.15) is 0 Å². The van der Waals surface area contributed by atoms with E-state index < -0.39 is 14.8 Å². The molecule has 0 aromatic heterocycles. The first kappa shape index (κ1) is 18.7. The van der Waals surface area contributed by atoms with Gasteiger partial charge in [0.25, 0.3) is 0 Å². The molecule has 11 heavy (non-hydrogen) atoms. The van der Waals surface area contributed by atoms with Crippen LogP contribution in [0.25, 0.3) is 0 Å². The van der Waals surface area contributed by atoms with Gasteiger partial charge >= 0.3 is 59.1 Å². The summed E-state index contributed by atoms with van der Waals surface area (Å²) >= 11 is 5.87. The van der Waals surface area contributed by atoms with Gasteiger partial charge in [0, 0.05) is 0 Å². The van der Waals surface area contributed by atoms with E-state index in [4.69, 9.17) is 11.6 Å². The van der Waals surface area contributed by atoms with Gasteiger partial charge in [-0.25, -0.2) is 0 Å². The van der Waals surface area contributed by atoms with Gasteiger partial charge in [-0.05, 0) is 22.6 Å². The fourth-order valence-corrected chi connectivity index (χ4v) is 0.0833. The van der Waals surface area contributed by atoms with Gasteiger partial charge < -0.3 is 19.8 Å². The minimum absolute atomic E-state index is 0. The molecule has 0 aliphatic rings. The predicted molar refractivity (Wildman–Crippen MR) is 32.6 cm³/mol. The second-order valence-electron chi connectivity index (χ2n) is 1.15. The molecule has 0 fully saturated rings. The van der Waals surface area contributed by atoms with Crippen LogP contribution in [0, 0.1) is 0 Å². The topological polar surface area (TPSA) is 80.3 Å². The number of hydrogen-bond acceptors (Lipinski definition) is 4. The van der Waals surface area contributed by atoms with Crippen LogP contribution in [0.5, 0.6) is 0 Å². The maximum atomic E-state index is 9.79. The Balaban J connectivity index is -0.000000320. The predicted octanol–water partition coefficient (Wildman–Crippen LogP) is -8.14. The second-order valence-corrected chi connectivity index (χ2v) is 3.97. The molecule has 0 atom stereocenters. The number of aliphatic carboxylic acids is 2. The zero-order chi connectivity index (χ0) is 7.65. The van der Waals surface area contributed by atoms with Gasteiger partial charge in [0.05, 0.1) is 11.9 Å². The average Bonchev–Trinajstić information content (AvgIpc) is 1.65. The van der Waals surface area contributed by atoms with E-state index in [1.807, 2.05) is 0 Å². The summed E-state index contributed by atoms with van der Waals surface area (Å²) < 4.78 is -2.45. The number of halogens is 2. The average molecular weight is 308 g/mol. The summed E-state index contributed by atoms with van der Waals surface area (Å²) in [5.74, 6) is -3.77. The van der Waals surface area contributed by atoms with Crippen molar-refractivity contribution in [1.29, 1.82) is 0 Å². The van der Waals surface area contributed by atoms with Crippen molar-refractivity contribution in [3.8, 4) is 0 Å². The normalized spacial score (nSPS) is 8.91. The standard InChI is InChI=1S/C3H2ClIO4.2Na/c4-3(5,1(6)7)2(8)9;;/h(H,6,7)(H,8,9);;/q;2*+1/p-2. The van der Waals surface area contributed by atoms with E-state index in [-0.39, 0.29) is 59.1 Å². The van der Waals surface area contributed by atoms with Crippen molar-refractivity contribution in [3.63, 3.8) is 0 Å². The van der Waals surface area contributed by atoms with E-state index in [9.17, 15) is 19.8 Å². The summed E-state index contributed by atoms with van der Waals surface area (Å²) in [6.45, 7) is 0. The molecule has 0 aliphatic carbocycles. The van der Waals surface area contributed by atoms with Crippen LogP contribution in [0.15, 0.2) is 0 Å². The molecule has 0 spiro atoms. The van der Waals surface area contributed by atoms with E-state index in [1.54, 1.807) is 0 Å². The van der Waals surface area contributed by atoms with Crippen LogP contribution >= 0.6 is 34.2 Å². The van der Waals surface area contributed by atoms with Crippen LogP contribution < -0.4 is 69.3 Å². The molecular weight excluding hydrogens is 308 g/mol. The molecule has 0 unspecified atom stereocenters. The van der Waals surface area contributed by atoms with Crippen molar-refractivity contribution < 1.29 is 78.9 Å². The molecule has 4 nitrogen and oxygen atoms in total. The number of hydrogen-bond donors (Lipinski definition) is 0. The molecule has 0 aliphatic heterocycles. The Kier molecular flexibility index (Phi) is 12.5. The first-order valence-corrected chi connectivity index (χ1v) is 3.15. The van der Waals surface area contributed by atoms with Gasteiger partial charge in [0.15, 0.2) is 2.88 Å². The Morgan fingerprint density at radius 2 is 1.36 bits per heavy atom. The molecule has 0 amide bonds. The van der Waals surface area contributed by atoms with Crippen molar-refractivity contribution in [2.75, 3.05) is 0 Å². The van der Waals surface area contributed by atoms with Gasteiger partial charge in [0.2, 0.25) is 0 Å². The number of carboxylic acids is 2. The van der Waals surface area contributed by atoms with Crippen LogP contribution in [0.2, 0.25) is 0 Å². The third-order valence-corrected chi connectivity index (χ3v) is 1.70. The SMILES string of the molecule is O=C([O-])C(Cl)(I)C(=O)[O-].[Na+].[Na+]. The fourth-order valence-electron chi connectivity index (χ4n) is 0.0833. The van der Waals surface area contributed by atoms with E-state index in [0.29, 0.717) is 0 Å². The monoisotopic (exact) mass is 308 g/mol. The van der Waals surface area contributed by atoms with Crippen LogP contribution in [-0.4, -0.2) is 14.8 Å². The van der Waals surface area contributed by atoms with Crippen LogP contribution in [-0.2, 0) is 9.59 Å². The summed E-state index contributed by atoms with van der Waals surface area (Å²) in [5, 5.41) is 19.6. The number of alkyl halides is 2. The van der Waals surface area contributed by atoms with E-state index >= 15 is 0 Å². The molecule has 0 heterocycles. The molecule has 8 heteroatoms. The second kappa shape index (κ2) is 7.37. The Morgan fingerprint density at radius 3 is 1.36 bits per heavy atom. The minimum Gasteiger partial charge on any atom is -0.547 e. The molecule has 0 saturated heterocycles. The third kappa shape index (κ3) is 6.09. The van der Waals surface area contributed by atoms with Gasteiger partial charge in [-0.2, -0.15) is 0 Å². The van der Waals surface area contributed by atoms with Gasteiger partial charge in [-0.15, -0.1) is 0 Å². The van der Waals surface area contributed by atoms with Gasteiger partial charge in [-0.1, -0.05) is 11.6 Å². The minimum atomic E-state index is -2.45. The van der Waals surface area contributed by atoms with Crippen molar-refractivity contribution in [1.82, 2.24) is 0 Å². The van der Waals surface area contributed by atoms with Gasteiger partial charge in [-0.3, -0.25) is 0 Å². The summed E-state index contributed by atoms with van der Waals surface area (Å²) in [7, 11) is 0. The van der Waals surface area contributed by atoms with Crippen molar-refractivity contribution in [2.24, 2.45) is 0 Å². The Hall–Kier alpha value is 1.96. The van der Waals surface area contributed by atoms with Crippen LogP contribution in [0.1, 0.15) is 0 Å². The molecule has 0 saturated carbocycles. The molecule has 0 radical (unpaired) electrons. The summed E-state index contributed by atoms with van der Waals surface area (Å²) in [6.07, 6.45) is 0. The Morgan fingerprint density at radius 1 is 1.18 bits per heavy atom. The number of rotatable bonds is 2. The third-order valence-electron chi connectivity index (χ3n) is 0.513. The fraction of sp³-hybridized carbons (Fsp3) is 0.333. The molecule has 0 rings (SSSR count). The molecule has 0 bridgehead atoms. The van der Waals surface area contributed by atoms with Crippen molar-refractivity contribution >= 4 is 46.1 Å². The van der Waals surface area contributed by atoms with Crippen molar-refractivity contribution in [2.45, 2.75) is 2.88 Å². The Bertz CT molecular complexity index is 145. The Labute approximate surface area is 126 Å². The maximum absolute atomic E-state index is 9.79. The molecule has 52 valence electrons.